The van der Waals surface area contributed by atoms with Crippen molar-refractivity contribution in [2.75, 3.05) is 0 Å². The largest absolute Gasteiger partial charge is 0.291 e. The van der Waals surface area contributed by atoms with Crippen LogP contribution in [0.1, 0.15) is 24.8 Å². The normalized spacial score (nSPS) is 15.1. The van der Waals surface area contributed by atoms with Crippen LogP contribution in [0.15, 0.2) is 35.3 Å². The monoisotopic (exact) mass is 308 g/mol. The van der Waals surface area contributed by atoms with Gasteiger partial charge in [-0.15, -0.1) is 0 Å². The topological polar surface area (TPSA) is 34.9 Å². The predicted octanol–water partition coefficient (Wildman–Crippen LogP) is 3.88. The molecular formula is C15H14Cl2N2O. The molecule has 0 radical (unpaired) electrons. The molecule has 1 aromatic carbocycles. The van der Waals surface area contributed by atoms with Crippen molar-refractivity contribution in [1.82, 2.24) is 9.78 Å². The van der Waals surface area contributed by atoms with E-state index in [1.807, 2.05) is 18.2 Å². The number of nitrogens with zero attached hydrogens (tertiary/aromatic N) is 2. The molecule has 1 heterocycles. The van der Waals surface area contributed by atoms with Crippen LogP contribution in [-0.2, 0) is 6.42 Å². The number of aromatic nitrogens is 2. The molecule has 0 amide bonds. The third kappa shape index (κ3) is 2.60. The molecule has 1 aliphatic rings. The lowest BCUT2D eigenvalue weighted by molar-refractivity contribution is 0.314. The van der Waals surface area contributed by atoms with Gasteiger partial charge in [0.15, 0.2) is 0 Å². The van der Waals surface area contributed by atoms with Crippen molar-refractivity contribution in [1.29, 1.82) is 0 Å². The summed E-state index contributed by atoms with van der Waals surface area (Å²) in [7, 11) is 0. The Kier molecular flexibility index (Phi) is 3.81. The smallest absolute Gasteiger partial charge is 0.266 e. The highest BCUT2D eigenvalue weighted by Crippen LogP contribution is 2.30. The van der Waals surface area contributed by atoms with Gasteiger partial charge in [-0.05, 0) is 30.0 Å². The van der Waals surface area contributed by atoms with Gasteiger partial charge in [-0.2, -0.15) is 9.78 Å². The van der Waals surface area contributed by atoms with E-state index >= 15 is 0 Å². The molecule has 20 heavy (non-hydrogen) atoms. The minimum absolute atomic E-state index is 0.00561. The fourth-order valence-corrected chi connectivity index (χ4v) is 2.70. The quantitative estimate of drug-likeness (QED) is 0.862. The number of hydrogen-bond acceptors (Lipinski definition) is 2. The highest BCUT2D eigenvalue weighted by Gasteiger charge is 2.18. The van der Waals surface area contributed by atoms with E-state index in [9.17, 15) is 4.79 Å². The van der Waals surface area contributed by atoms with E-state index in [0.29, 0.717) is 0 Å². The van der Waals surface area contributed by atoms with Crippen molar-refractivity contribution in [2.24, 2.45) is 5.92 Å². The maximum atomic E-state index is 12.1. The van der Waals surface area contributed by atoms with E-state index in [4.69, 9.17) is 23.2 Å². The first-order chi connectivity index (χ1) is 9.65. The van der Waals surface area contributed by atoms with Crippen molar-refractivity contribution < 1.29 is 0 Å². The molecule has 0 spiro atoms. The van der Waals surface area contributed by atoms with Crippen LogP contribution in [0.3, 0.4) is 0 Å². The fourth-order valence-electron chi connectivity index (χ4n) is 2.44. The SMILES string of the molecule is O=c1c(Cl)c(Cl)cnn1-c1cccc(CC2CCC2)c1. The van der Waals surface area contributed by atoms with Gasteiger partial charge in [0.05, 0.1) is 16.9 Å². The van der Waals surface area contributed by atoms with Gasteiger partial charge in [0.25, 0.3) is 5.56 Å². The summed E-state index contributed by atoms with van der Waals surface area (Å²) in [5.74, 6) is 0.781. The predicted molar refractivity (Wildman–Crippen MR) is 80.9 cm³/mol. The van der Waals surface area contributed by atoms with Crippen molar-refractivity contribution in [3.05, 3.63) is 56.4 Å². The molecule has 1 saturated carbocycles. The molecule has 0 bridgehead atoms. The fraction of sp³-hybridized carbons (Fsp3) is 0.333. The zero-order valence-corrected chi connectivity index (χ0v) is 12.4. The van der Waals surface area contributed by atoms with Crippen molar-refractivity contribution >= 4 is 23.2 Å². The molecule has 3 rings (SSSR count). The Labute approximate surface area is 127 Å². The van der Waals surface area contributed by atoms with Gasteiger partial charge < -0.3 is 0 Å². The van der Waals surface area contributed by atoms with E-state index in [1.165, 1.54) is 35.7 Å². The molecular weight excluding hydrogens is 295 g/mol. The molecule has 104 valence electrons. The Balaban J connectivity index is 1.95. The Morgan fingerprint density at radius 2 is 2.10 bits per heavy atom. The molecule has 0 unspecified atom stereocenters. The molecule has 0 aliphatic heterocycles. The van der Waals surface area contributed by atoms with Gasteiger partial charge in [0.2, 0.25) is 0 Å². The van der Waals surface area contributed by atoms with Gasteiger partial charge >= 0.3 is 0 Å². The third-order valence-electron chi connectivity index (χ3n) is 3.78. The highest BCUT2D eigenvalue weighted by atomic mass is 35.5. The summed E-state index contributed by atoms with van der Waals surface area (Å²) in [6.07, 6.45) is 6.39. The molecule has 1 fully saturated rings. The van der Waals surface area contributed by atoms with E-state index in [-0.39, 0.29) is 15.6 Å². The van der Waals surface area contributed by atoms with Crippen LogP contribution in [0.2, 0.25) is 10.0 Å². The zero-order valence-electron chi connectivity index (χ0n) is 10.9. The Hall–Kier alpha value is -1.32. The molecule has 3 nitrogen and oxygen atoms in total. The van der Waals surface area contributed by atoms with Crippen LogP contribution in [0.4, 0.5) is 0 Å². The summed E-state index contributed by atoms with van der Waals surface area (Å²) in [6, 6.07) is 7.88. The van der Waals surface area contributed by atoms with Crippen LogP contribution in [-0.4, -0.2) is 9.78 Å². The first kappa shape index (κ1) is 13.7. The van der Waals surface area contributed by atoms with E-state index in [0.717, 1.165) is 18.0 Å². The lowest BCUT2D eigenvalue weighted by Crippen LogP contribution is -2.21. The maximum absolute atomic E-state index is 12.1. The number of benzene rings is 1. The third-order valence-corrected chi connectivity index (χ3v) is 4.53. The number of hydrogen-bond donors (Lipinski definition) is 0. The zero-order chi connectivity index (χ0) is 14.1. The second-order valence-corrected chi connectivity index (χ2v) is 5.98. The maximum Gasteiger partial charge on any atom is 0.291 e. The molecule has 0 N–H and O–H groups in total. The summed E-state index contributed by atoms with van der Waals surface area (Å²) in [5.41, 5.74) is 1.57. The van der Waals surface area contributed by atoms with Crippen molar-refractivity contribution in [3.8, 4) is 5.69 Å². The first-order valence-electron chi connectivity index (χ1n) is 6.68. The lowest BCUT2D eigenvalue weighted by Gasteiger charge is -2.25. The first-order valence-corrected chi connectivity index (χ1v) is 7.43. The highest BCUT2D eigenvalue weighted by molar-refractivity contribution is 6.41. The Morgan fingerprint density at radius 1 is 1.30 bits per heavy atom. The van der Waals surface area contributed by atoms with E-state index in [1.54, 1.807) is 0 Å². The minimum atomic E-state index is -0.389. The molecule has 0 saturated heterocycles. The average Bonchev–Trinajstić information content (AvgIpc) is 2.41. The standard InChI is InChI=1S/C15H14Cl2N2O/c16-13-9-18-19(15(20)14(13)17)12-6-2-5-11(8-12)7-10-3-1-4-10/h2,5-6,8-10H,1,3-4,7H2. The van der Waals surface area contributed by atoms with Crippen LogP contribution in [0.5, 0.6) is 0 Å². The lowest BCUT2D eigenvalue weighted by atomic mass is 9.81. The van der Waals surface area contributed by atoms with Gasteiger partial charge in [0.1, 0.15) is 5.02 Å². The Morgan fingerprint density at radius 3 is 2.80 bits per heavy atom. The average molecular weight is 309 g/mol. The molecule has 5 heteroatoms. The van der Waals surface area contributed by atoms with Gasteiger partial charge in [-0.3, -0.25) is 4.79 Å². The second-order valence-electron chi connectivity index (χ2n) is 5.19. The van der Waals surface area contributed by atoms with Crippen LogP contribution in [0, 0.1) is 5.92 Å². The van der Waals surface area contributed by atoms with E-state index in [2.05, 4.69) is 11.2 Å². The van der Waals surface area contributed by atoms with Gasteiger partial charge in [-0.25, -0.2) is 0 Å². The molecule has 1 aromatic heterocycles. The number of halogens is 2. The second kappa shape index (κ2) is 5.58. The number of rotatable bonds is 3. The molecule has 1 aliphatic carbocycles. The summed E-state index contributed by atoms with van der Waals surface area (Å²) < 4.78 is 1.29. The van der Waals surface area contributed by atoms with Gasteiger partial charge in [0, 0.05) is 0 Å². The van der Waals surface area contributed by atoms with Crippen LogP contribution in [0.25, 0.3) is 5.69 Å². The van der Waals surface area contributed by atoms with Crippen LogP contribution >= 0.6 is 23.2 Å². The summed E-state index contributed by atoms with van der Waals surface area (Å²) in [5, 5.41) is 4.24. The van der Waals surface area contributed by atoms with Crippen LogP contribution < -0.4 is 5.56 Å². The molecule has 2 aromatic rings. The Bertz CT molecular complexity index is 693. The van der Waals surface area contributed by atoms with Crippen molar-refractivity contribution in [2.45, 2.75) is 25.7 Å². The summed E-state index contributed by atoms with van der Waals surface area (Å²) in [6.45, 7) is 0. The molecule has 0 atom stereocenters. The minimum Gasteiger partial charge on any atom is -0.266 e. The van der Waals surface area contributed by atoms with Crippen molar-refractivity contribution in [3.63, 3.8) is 0 Å². The summed E-state index contributed by atoms with van der Waals surface area (Å²) in [4.78, 5) is 12.1. The summed E-state index contributed by atoms with van der Waals surface area (Å²) >= 11 is 11.7. The van der Waals surface area contributed by atoms with Gasteiger partial charge in [-0.1, -0.05) is 54.6 Å². The van der Waals surface area contributed by atoms with E-state index < -0.39 is 0 Å².